The Morgan fingerprint density at radius 1 is 0.480 bits per heavy atom. The first kappa shape index (κ1) is 19.4. The first-order valence-electron chi connectivity index (χ1n) is 8.14. The third kappa shape index (κ3) is 6.13. The Bertz CT molecular complexity index is 648. The Balaban J connectivity index is 0.000000173. The molecule has 1 fully saturated rings. The van der Waals surface area contributed by atoms with Crippen LogP contribution in [0.2, 0.25) is 0 Å². The SMILES string of the molecule is [Cr].c1ccc(-c2ccccc2)cc1.c1ccc([C-]2[CH-][CH-][CH-][CH-][CH-]2)cc1. The predicted octanol–water partition coefficient (Wildman–Crippen LogP) is 6.00. The van der Waals surface area contributed by atoms with Gasteiger partial charge in [-0.15, -0.1) is 12.1 Å². The Kier molecular flexibility index (Phi) is 8.40. The summed E-state index contributed by atoms with van der Waals surface area (Å²) in [6, 6.07) is 31.2. The molecule has 1 aliphatic rings. The number of benzene rings is 3. The molecule has 0 atom stereocenters. The van der Waals surface area contributed by atoms with Crippen molar-refractivity contribution in [1.29, 1.82) is 0 Å². The Morgan fingerprint density at radius 3 is 1.32 bits per heavy atom. The van der Waals surface area contributed by atoms with E-state index in [9.17, 15) is 0 Å². The van der Waals surface area contributed by atoms with Crippen LogP contribution in [-0.4, -0.2) is 0 Å². The van der Waals surface area contributed by atoms with Crippen LogP contribution in [0.4, 0.5) is 0 Å². The monoisotopic (exact) mass is 360 g/mol. The van der Waals surface area contributed by atoms with Crippen molar-refractivity contribution in [3.8, 4) is 11.1 Å². The number of rotatable bonds is 2. The third-order valence-electron chi connectivity index (χ3n) is 3.76. The van der Waals surface area contributed by atoms with Crippen molar-refractivity contribution < 1.29 is 17.4 Å². The van der Waals surface area contributed by atoms with Gasteiger partial charge in [0.25, 0.3) is 0 Å². The van der Waals surface area contributed by atoms with Crippen molar-refractivity contribution in [3.63, 3.8) is 0 Å². The Hall–Kier alpha value is -1.94. The maximum atomic E-state index is 2.12. The molecule has 0 bridgehead atoms. The van der Waals surface area contributed by atoms with E-state index in [1.165, 1.54) is 22.6 Å². The second-order valence-corrected chi connectivity index (χ2v) is 5.46. The van der Waals surface area contributed by atoms with E-state index in [2.05, 4.69) is 98.5 Å². The Labute approximate surface area is 163 Å². The molecule has 0 heterocycles. The van der Waals surface area contributed by atoms with Gasteiger partial charge in [0, 0.05) is 17.4 Å². The molecular weight excluding hydrogens is 340 g/mol. The van der Waals surface area contributed by atoms with Crippen LogP contribution in [0.5, 0.6) is 0 Å². The predicted molar refractivity (Wildman–Crippen MR) is 102 cm³/mol. The molecule has 0 N–H and O–H groups in total. The fraction of sp³-hybridized carbons (Fsp3) is 0. The normalized spacial score (nSPS) is 13.2. The van der Waals surface area contributed by atoms with Crippen LogP contribution >= 0.6 is 0 Å². The van der Waals surface area contributed by atoms with Gasteiger partial charge in [0.15, 0.2) is 0 Å². The fourth-order valence-electron chi connectivity index (χ4n) is 2.52. The summed E-state index contributed by atoms with van der Waals surface area (Å²) in [6.07, 6.45) is 10.4. The van der Waals surface area contributed by atoms with Crippen LogP contribution in [0.25, 0.3) is 11.1 Å². The van der Waals surface area contributed by atoms with Crippen molar-refractivity contribution in [1.82, 2.24) is 0 Å². The van der Waals surface area contributed by atoms with Crippen LogP contribution < -0.4 is 0 Å². The van der Waals surface area contributed by atoms with Gasteiger partial charge < -0.3 is 38.0 Å². The van der Waals surface area contributed by atoms with Gasteiger partial charge in [-0.3, -0.25) is 5.56 Å². The molecule has 3 aromatic carbocycles. The summed E-state index contributed by atoms with van der Waals surface area (Å²) < 4.78 is 0. The molecule has 1 saturated carbocycles. The summed E-state index contributed by atoms with van der Waals surface area (Å²) >= 11 is 0. The largest absolute Gasteiger partial charge is 0.723 e. The van der Waals surface area contributed by atoms with Gasteiger partial charge in [-0.25, -0.2) is 0 Å². The van der Waals surface area contributed by atoms with Crippen molar-refractivity contribution in [2.45, 2.75) is 0 Å². The van der Waals surface area contributed by atoms with Gasteiger partial charge in [-0.05, 0) is 11.1 Å². The molecule has 1 heteroatoms. The molecule has 3 aromatic rings. The van der Waals surface area contributed by atoms with Crippen LogP contribution in [0.3, 0.4) is 0 Å². The molecule has 0 unspecified atom stereocenters. The zero-order chi connectivity index (χ0) is 16.5. The molecule has 0 aliphatic heterocycles. The van der Waals surface area contributed by atoms with E-state index < -0.39 is 0 Å². The summed E-state index contributed by atoms with van der Waals surface area (Å²) in [5.74, 6) is 1.28. The average Bonchev–Trinajstić information content (AvgIpc) is 2.71. The summed E-state index contributed by atoms with van der Waals surface area (Å²) in [6.45, 7) is 0. The summed E-state index contributed by atoms with van der Waals surface area (Å²) in [4.78, 5) is 0. The van der Waals surface area contributed by atoms with Crippen molar-refractivity contribution >= 4 is 0 Å². The quantitative estimate of drug-likeness (QED) is 0.492. The van der Waals surface area contributed by atoms with E-state index in [1.54, 1.807) is 0 Å². The van der Waals surface area contributed by atoms with E-state index >= 15 is 0 Å². The van der Waals surface area contributed by atoms with Crippen molar-refractivity contribution in [2.75, 3.05) is 0 Å². The molecule has 0 aromatic heterocycles. The number of hydrogen-bond acceptors (Lipinski definition) is 0. The van der Waals surface area contributed by atoms with Gasteiger partial charge in [0.1, 0.15) is 0 Å². The Morgan fingerprint density at radius 2 is 0.880 bits per heavy atom. The van der Waals surface area contributed by atoms with Crippen molar-refractivity contribution in [2.24, 2.45) is 0 Å². The van der Waals surface area contributed by atoms with E-state index in [-0.39, 0.29) is 17.4 Å². The van der Waals surface area contributed by atoms with Crippen LogP contribution in [-0.2, 0) is 17.4 Å². The molecule has 0 spiro atoms. The zero-order valence-corrected chi connectivity index (χ0v) is 15.2. The first-order chi connectivity index (χ1) is 11.9. The minimum Gasteiger partial charge on any atom is -0.723 e. The van der Waals surface area contributed by atoms with E-state index in [4.69, 9.17) is 0 Å². The van der Waals surface area contributed by atoms with Gasteiger partial charge in [0.2, 0.25) is 0 Å². The van der Waals surface area contributed by atoms with Crippen molar-refractivity contribution in [3.05, 3.63) is 135 Å². The average molecular weight is 360 g/mol. The molecule has 0 radical (unpaired) electrons. The second-order valence-electron chi connectivity index (χ2n) is 5.46. The molecule has 0 nitrogen and oxygen atoms in total. The molecule has 0 saturated heterocycles. The van der Waals surface area contributed by atoms with Crippen LogP contribution in [0.15, 0.2) is 91.0 Å². The minimum atomic E-state index is 0. The van der Waals surface area contributed by atoms with Gasteiger partial charge in [0.05, 0.1) is 0 Å². The molecular formula is C24H20Cr-6. The molecule has 128 valence electrons. The maximum absolute atomic E-state index is 2.12. The topological polar surface area (TPSA) is 0 Å². The van der Waals surface area contributed by atoms with Crippen LogP contribution in [0.1, 0.15) is 5.56 Å². The zero-order valence-electron chi connectivity index (χ0n) is 14.0. The van der Waals surface area contributed by atoms with E-state index in [0.717, 1.165) is 0 Å². The molecule has 1 aliphatic carbocycles. The summed E-state index contributed by atoms with van der Waals surface area (Å²) in [7, 11) is 0. The molecule has 4 rings (SSSR count). The van der Waals surface area contributed by atoms with E-state index in [1.807, 2.05) is 24.6 Å². The minimum absolute atomic E-state index is 0. The van der Waals surface area contributed by atoms with E-state index in [0.29, 0.717) is 0 Å². The fourth-order valence-corrected chi connectivity index (χ4v) is 2.52. The summed E-state index contributed by atoms with van der Waals surface area (Å²) in [5.41, 5.74) is 3.83. The summed E-state index contributed by atoms with van der Waals surface area (Å²) in [5, 5.41) is 0. The molecule has 0 amide bonds. The second kappa shape index (κ2) is 10.8. The van der Waals surface area contributed by atoms with Gasteiger partial charge >= 0.3 is 0 Å². The first-order valence-corrected chi connectivity index (χ1v) is 8.14. The number of hydrogen-bond donors (Lipinski definition) is 0. The van der Waals surface area contributed by atoms with Gasteiger partial charge in [-0.1, -0.05) is 66.7 Å². The molecule has 25 heavy (non-hydrogen) atoms. The smallest absolute Gasteiger partial charge is 0 e. The third-order valence-corrected chi connectivity index (χ3v) is 3.76. The maximum Gasteiger partial charge on any atom is 0 e. The van der Waals surface area contributed by atoms with Gasteiger partial charge in [-0.2, -0.15) is 12.1 Å². The standard InChI is InChI=1S/2C12H10.Cr/c2*1-3-7-11(8-4-1)12-9-5-2-6-10-12;/h2*1-10H;/q;-6;. The van der Waals surface area contributed by atoms with Crippen LogP contribution in [0, 0.1) is 38.0 Å².